The van der Waals surface area contributed by atoms with Crippen LogP contribution in [0.1, 0.15) is 10.5 Å². The molecule has 8 nitrogen and oxygen atoms in total. The van der Waals surface area contributed by atoms with Crippen LogP contribution >= 0.6 is 11.6 Å². The monoisotopic (exact) mass is 293 g/mol. The Labute approximate surface area is 109 Å². The molecule has 0 bridgehead atoms. The van der Waals surface area contributed by atoms with E-state index in [1.807, 2.05) is 0 Å². The fourth-order valence-electron chi connectivity index (χ4n) is 1.07. The molecule has 0 spiro atoms. The molecule has 1 rings (SSSR count). The van der Waals surface area contributed by atoms with Gasteiger partial charge in [-0.05, 0) is 12.1 Å². The van der Waals surface area contributed by atoms with Crippen LogP contribution in [0, 0.1) is 0 Å². The van der Waals surface area contributed by atoms with Crippen LogP contribution in [-0.2, 0) is 10.0 Å². The highest BCUT2D eigenvalue weighted by molar-refractivity contribution is 7.89. The van der Waals surface area contributed by atoms with Crippen molar-refractivity contribution in [3.63, 3.8) is 0 Å². The van der Waals surface area contributed by atoms with E-state index < -0.39 is 15.9 Å². The molecule has 0 unspecified atom stereocenters. The Bertz CT molecular complexity index is 548. The number of pyridine rings is 1. The number of halogens is 1. The summed E-state index contributed by atoms with van der Waals surface area (Å²) in [5.41, 5.74) is 2.21. The second-order valence-corrected chi connectivity index (χ2v) is 5.44. The number of sulfonamides is 1. The van der Waals surface area contributed by atoms with Crippen molar-refractivity contribution in [3.05, 3.63) is 22.8 Å². The SMILES string of the molecule is NNc1ccc(Cl)c(C(=O)NCCS(N)(=O)=O)n1. The number of hydrogen-bond donors (Lipinski definition) is 4. The van der Waals surface area contributed by atoms with Gasteiger partial charge in [-0.2, -0.15) is 0 Å². The van der Waals surface area contributed by atoms with Gasteiger partial charge in [-0.3, -0.25) is 4.79 Å². The molecule has 0 aliphatic rings. The second kappa shape index (κ2) is 5.96. The molecule has 1 amide bonds. The number of rotatable bonds is 5. The lowest BCUT2D eigenvalue weighted by atomic mass is 10.3. The first-order valence-corrected chi connectivity index (χ1v) is 6.84. The van der Waals surface area contributed by atoms with Crippen LogP contribution in [0.3, 0.4) is 0 Å². The number of nitrogens with zero attached hydrogens (tertiary/aromatic N) is 1. The zero-order chi connectivity index (χ0) is 13.8. The molecular formula is C8H12ClN5O3S. The quantitative estimate of drug-likeness (QED) is 0.407. The van der Waals surface area contributed by atoms with Gasteiger partial charge in [-0.25, -0.2) is 24.4 Å². The molecule has 1 heterocycles. The number of hydrazine groups is 1. The Balaban J connectivity index is 2.72. The summed E-state index contributed by atoms with van der Waals surface area (Å²) >= 11 is 5.78. The van der Waals surface area contributed by atoms with Crippen LogP contribution in [0.25, 0.3) is 0 Å². The third-order valence-corrected chi connectivity index (χ3v) is 2.96. The summed E-state index contributed by atoms with van der Waals surface area (Å²) in [7, 11) is -3.63. The molecule has 0 atom stereocenters. The average Bonchev–Trinajstić information content (AvgIpc) is 2.27. The van der Waals surface area contributed by atoms with Gasteiger partial charge in [-0.1, -0.05) is 11.6 Å². The standard InChI is InChI=1S/C8H12ClN5O3S/c9-5-1-2-6(14-10)13-7(5)8(15)12-3-4-18(11,16)17/h1-2H,3-4,10H2,(H,12,15)(H,13,14)(H2,11,16,17). The largest absolute Gasteiger partial charge is 0.350 e. The molecule has 0 fully saturated rings. The van der Waals surface area contributed by atoms with E-state index in [0.29, 0.717) is 0 Å². The van der Waals surface area contributed by atoms with Crippen molar-refractivity contribution in [2.24, 2.45) is 11.0 Å². The highest BCUT2D eigenvalue weighted by Gasteiger charge is 2.13. The van der Waals surface area contributed by atoms with Crippen LogP contribution in [0.5, 0.6) is 0 Å². The van der Waals surface area contributed by atoms with Gasteiger partial charge in [0, 0.05) is 6.54 Å². The van der Waals surface area contributed by atoms with E-state index in [1.165, 1.54) is 12.1 Å². The summed E-state index contributed by atoms with van der Waals surface area (Å²) in [5.74, 6) is 4.42. The van der Waals surface area contributed by atoms with Gasteiger partial charge in [0.2, 0.25) is 10.0 Å². The van der Waals surface area contributed by atoms with Gasteiger partial charge >= 0.3 is 0 Å². The molecule has 1 aromatic rings. The number of carbonyl (C=O) groups is 1. The highest BCUT2D eigenvalue weighted by atomic mass is 35.5. The van der Waals surface area contributed by atoms with Crippen molar-refractivity contribution < 1.29 is 13.2 Å². The predicted molar refractivity (Wildman–Crippen MR) is 67.4 cm³/mol. The fraction of sp³-hybridized carbons (Fsp3) is 0.250. The first kappa shape index (κ1) is 14.6. The van der Waals surface area contributed by atoms with Gasteiger partial charge < -0.3 is 10.7 Å². The molecule has 6 N–H and O–H groups in total. The van der Waals surface area contributed by atoms with Crippen molar-refractivity contribution >= 4 is 33.3 Å². The van der Waals surface area contributed by atoms with E-state index in [2.05, 4.69) is 15.7 Å². The van der Waals surface area contributed by atoms with Crippen molar-refractivity contribution in [2.75, 3.05) is 17.7 Å². The number of nitrogens with two attached hydrogens (primary N) is 2. The summed E-state index contributed by atoms with van der Waals surface area (Å²) in [6.45, 7) is -0.129. The van der Waals surface area contributed by atoms with E-state index in [4.69, 9.17) is 22.6 Å². The topological polar surface area (TPSA) is 140 Å². The predicted octanol–water partition coefficient (Wildman–Crippen LogP) is -0.961. The number of anilines is 1. The zero-order valence-corrected chi connectivity index (χ0v) is 10.8. The Morgan fingerprint density at radius 1 is 1.44 bits per heavy atom. The van der Waals surface area contributed by atoms with Crippen LogP contribution < -0.4 is 21.7 Å². The van der Waals surface area contributed by atoms with Crippen molar-refractivity contribution in [2.45, 2.75) is 0 Å². The van der Waals surface area contributed by atoms with Gasteiger partial charge in [0.05, 0.1) is 10.8 Å². The third kappa shape index (κ3) is 4.45. The maximum Gasteiger partial charge on any atom is 0.271 e. The minimum Gasteiger partial charge on any atom is -0.350 e. The lowest BCUT2D eigenvalue weighted by Gasteiger charge is -2.07. The molecule has 10 heteroatoms. The van der Waals surface area contributed by atoms with E-state index in [1.54, 1.807) is 0 Å². The Kier molecular flexibility index (Phi) is 4.84. The average molecular weight is 294 g/mol. The maximum absolute atomic E-state index is 11.7. The maximum atomic E-state index is 11.7. The lowest BCUT2D eigenvalue weighted by Crippen LogP contribution is -2.32. The molecule has 1 aromatic heterocycles. The summed E-state index contributed by atoms with van der Waals surface area (Å²) in [6, 6.07) is 2.93. The van der Waals surface area contributed by atoms with Crippen molar-refractivity contribution in [1.29, 1.82) is 0 Å². The molecule has 18 heavy (non-hydrogen) atoms. The Morgan fingerprint density at radius 3 is 2.67 bits per heavy atom. The van der Waals surface area contributed by atoms with Gasteiger partial charge in [-0.15, -0.1) is 0 Å². The van der Waals surface area contributed by atoms with Crippen LogP contribution in [-0.4, -0.2) is 31.6 Å². The summed E-state index contributed by atoms with van der Waals surface area (Å²) < 4.78 is 21.3. The Morgan fingerprint density at radius 2 is 2.11 bits per heavy atom. The van der Waals surface area contributed by atoms with E-state index in [-0.39, 0.29) is 28.8 Å². The van der Waals surface area contributed by atoms with E-state index >= 15 is 0 Å². The number of nitrogen functional groups attached to an aromatic ring is 1. The molecule has 0 aliphatic carbocycles. The Hall–Kier alpha value is -1.42. The third-order valence-electron chi connectivity index (χ3n) is 1.88. The smallest absolute Gasteiger partial charge is 0.271 e. The summed E-state index contributed by atoms with van der Waals surface area (Å²) in [6.07, 6.45) is 0. The highest BCUT2D eigenvalue weighted by Crippen LogP contribution is 2.15. The van der Waals surface area contributed by atoms with E-state index in [9.17, 15) is 13.2 Å². The molecular weight excluding hydrogens is 282 g/mol. The molecule has 0 radical (unpaired) electrons. The number of aromatic nitrogens is 1. The molecule has 0 aliphatic heterocycles. The summed E-state index contributed by atoms with van der Waals surface area (Å²) in [4.78, 5) is 15.5. The van der Waals surface area contributed by atoms with Gasteiger partial charge in [0.1, 0.15) is 11.5 Å². The van der Waals surface area contributed by atoms with E-state index in [0.717, 1.165) is 0 Å². The summed E-state index contributed by atoms with van der Waals surface area (Å²) in [5, 5.41) is 7.25. The molecule has 100 valence electrons. The minimum atomic E-state index is -3.63. The molecule has 0 saturated heterocycles. The lowest BCUT2D eigenvalue weighted by molar-refractivity contribution is 0.0951. The fourth-order valence-corrected chi connectivity index (χ4v) is 1.65. The number of hydrogen-bond acceptors (Lipinski definition) is 6. The normalized spacial score (nSPS) is 11.1. The zero-order valence-electron chi connectivity index (χ0n) is 9.18. The number of amides is 1. The van der Waals surface area contributed by atoms with Crippen LogP contribution in [0.15, 0.2) is 12.1 Å². The number of nitrogens with one attached hydrogen (secondary N) is 2. The van der Waals surface area contributed by atoms with Gasteiger partial charge in [0.25, 0.3) is 5.91 Å². The minimum absolute atomic E-state index is 0.0541. The van der Waals surface area contributed by atoms with Crippen LogP contribution in [0.4, 0.5) is 5.82 Å². The number of carbonyl (C=O) groups excluding carboxylic acids is 1. The first-order chi connectivity index (χ1) is 8.33. The van der Waals surface area contributed by atoms with Crippen LogP contribution in [0.2, 0.25) is 5.02 Å². The van der Waals surface area contributed by atoms with Gasteiger partial charge in [0.15, 0.2) is 0 Å². The molecule has 0 aromatic carbocycles. The van der Waals surface area contributed by atoms with Crippen molar-refractivity contribution in [1.82, 2.24) is 10.3 Å². The number of primary sulfonamides is 1. The first-order valence-electron chi connectivity index (χ1n) is 4.75. The molecule has 0 saturated carbocycles. The second-order valence-electron chi connectivity index (χ2n) is 3.29. The van der Waals surface area contributed by atoms with Crippen molar-refractivity contribution in [3.8, 4) is 0 Å².